The molecule has 1 aromatic carbocycles. The van der Waals surface area contributed by atoms with Crippen molar-refractivity contribution in [2.24, 2.45) is 11.0 Å². The van der Waals surface area contributed by atoms with Gasteiger partial charge in [0.05, 0.1) is 16.4 Å². The first kappa shape index (κ1) is 11.0. The Balaban J connectivity index is 2.37. The summed E-state index contributed by atoms with van der Waals surface area (Å²) in [5, 5.41) is 4.55. The standard InChI is InChI=1S/C11H12ClN3O/c1-6-4-10(16)14-15-11(6)7-2-3-9(13)8(12)5-7/h2-3,5-6H,4,13H2,1H3,(H,14,16). The van der Waals surface area contributed by atoms with Gasteiger partial charge in [0, 0.05) is 12.3 Å². The number of benzene rings is 1. The van der Waals surface area contributed by atoms with Crippen LogP contribution in [0.3, 0.4) is 0 Å². The molecule has 1 aliphatic heterocycles. The molecule has 0 aliphatic carbocycles. The van der Waals surface area contributed by atoms with Crippen molar-refractivity contribution in [2.45, 2.75) is 13.3 Å². The van der Waals surface area contributed by atoms with Gasteiger partial charge in [-0.15, -0.1) is 0 Å². The van der Waals surface area contributed by atoms with Gasteiger partial charge in [-0.2, -0.15) is 5.10 Å². The van der Waals surface area contributed by atoms with Crippen LogP contribution in [0.25, 0.3) is 0 Å². The summed E-state index contributed by atoms with van der Waals surface area (Å²) in [5.74, 6) is 0.0335. The summed E-state index contributed by atoms with van der Waals surface area (Å²) in [5.41, 5.74) is 10.4. The van der Waals surface area contributed by atoms with Crippen molar-refractivity contribution >= 4 is 28.9 Å². The molecule has 1 aliphatic rings. The number of hydrogen-bond acceptors (Lipinski definition) is 3. The predicted molar refractivity (Wildman–Crippen MR) is 64.3 cm³/mol. The van der Waals surface area contributed by atoms with E-state index in [0.29, 0.717) is 17.1 Å². The number of halogens is 1. The van der Waals surface area contributed by atoms with E-state index in [2.05, 4.69) is 10.5 Å². The Bertz CT molecular complexity index is 470. The molecule has 0 bridgehead atoms. The third-order valence-corrected chi connectivity index (χ3v) is 2.88. The first-order valence-corrected chi connectivity index (χ1v) is 5.37. The second-order valence-corrected chi connectivity index (χ2v) is 4.28. The Kier molecular flexibility index (Phi) is 2.83. The highest BCUT2D eigenvalue weighted by molar-refractivity contribution is 6.33. The molecule has 0 spiro atoms. The van der Waals surface area contributed by atoms with Crippen molar-refractivity contribution in [3.05, 3.63) is 28.8 Å². The smallest absolute Gasteiger partial charge is 0.240 e. The second kappa shape index (κ2) is 4.14. The highest BCUT2D eigenvalue weighted by Gasteiger charge is 2.21. The summed E-state index contributed by atoms with van der Waals surface area (Å²) in [6.07, 6.45) is 0.445. The second-order valence-electron chi connectivity index (χ2n) is 3.87. The van der Waals surface area contributed by atoms with Gasteiger partial charge in [-0.05, 0) is 17.7 Å². The van der Waals surface area contributed by atoms with Gasteiger partial charge in [-0.1, -0.05) is 24.6 Å². The van der Waals surface area contributed by atoms with Crippen molar-refractivity contribution < 1.29 is 4.79 Å². The fourth-order valence-corrected chi connectivity index (χ4v) is 1.87. The summed E-state index contributed by atoms with van der Waals surface area (Å²) in [4.78, 5) is 11.1. The predicted octanol–water partition coefficient (Wildman–Crippen LogP) is 1.78. The Morgan fingerprint density at radius 3 is 2.94 bits per heavy atom. The maximum Gasteiger partial charge on any atom is 0.240 e. The van der Waals surface area contributed by atoms with Crippen molar-refractivity contribution in [3.63, 3.8) is 0 Å². The lowest BCUT2D eigenvalue weighted by molar-refractivity contribution is -0.121. The van der Waals surface area contributed by atoms with E-state index in [4.69, 9.17) is 17.3 Å². The fraction of sp³-hybridized carbons (Fsp3) is 0.273. The van der Waals surface area contributed by atoms with Gasteiger partial charge in [0.15, 0.2) is 0 Å². The summed E-state index contributed by atoms with van der Waals surface area (Å²) in [6.45, 7) is 1.96. The molecule has 84 valence electrons. The number of nitrogens with two attached hydrogens (primary N) is 1. The molecule has 5 heteroatoms. The topological polar surface area (TPSA) is 67.5 Å². The zero-order valence-electron chi connectivity index (χ0n) is 8.83. The van der Waals surface area contributed by atoms with E-state index in [1.807, 2.05) is 13.0 Å². The lowest BCUT2D eigenvalue weighted by Gasteiger charge is -2.19. The zero-order chi connectivity index (χ0) is 11.7. The van der Waals surface area contributed by atoms with Gasteiger partial charge < -0.3 is 5.73 Å². The van der Waals surface area contributed by atoms with Gasteiger partial charge in [0.25, 0.3) is 0 Å². The third kappa shape index (κ3) is 2.02. The molecule has 1 amide bonds. The molecule has 2 rings (SSSR count). The van der Waals surface area contributed by atoms with Crippen LogP contribution in [0.1, 0.15) is 18.9 Å². The molecule has 0 fully saturated rings. The number of carbonyl (C=O) groups excluding carboxylic acids is 1. The number of anilines is 1. The van der Waals surface area contributed by atoms with Crippen LogP contribution in [0, 0.1) is 5.92 Å². The molecule has 0 aromatic heterocycles. The van der Waals surface area contributed by atoms with E-state index < -0.39 is 0 Å². The average Bonchev–Trinajstić information content (AvgIpc) is 2.22. The van der Waals surface area contributed by atoms with Gasteiger partial charge >= 0.3 is 0 Å². The molecule has 4 nitrogen and oxygen atoms in total. The van der Waals surface area contributed by atoms with Crippen LogP contribution in [0.15, 0.2) is 23.3 Å². The Morgan fingerprint density at radius 1 is 1.56 bits per heavy atom. The molecule has 1 aromatic rings. The summed E-state index contributed by atoms with van der Waals surface area (Å²) in [6, 6.07) is 5.36. The first-order chi connectivity index (χ1) is 7.58. The summed E-state index contributed by atoms with van der Waals surface area (Å²) >= 11 is 5.94. The SMILES string of the molecule is CC1CC(=O)NN=C1c1ccc(N)c(Cl)c1. The molecule has 3 N–H and O–H groups in total. The minimum absolute atomic E-state index is 0.0576. The van der Waals surface area contributed by atoms with Crippen LogP contribution in [-0.4, -0.2) is 11.6 Å². The first-order valence-electron chi connectivity index (χ1n) is 4.99. The van der Waals surface area contributed by atoms with Gasteiger partial charge in [-0.25, -0.2) is 5.43 Å². The number of rotatable bonds is 1. The fourth-order valence-electron chi connectivity index (χ4n) is 1.69. The van der Waals surface area contributed by atoms with Gasteiger partial charge in [-0.3, -0.25) is 4.79 Å². The van der Waals surface area contributed by atoms with Crippen molar-refractivity contribution in [1.82, 2.24) is 5.43 Å². The molecule has 0 radical (unpaired) electrons. The quantitative estimate of drug-likeness (QED) is 0.731. The molecule has 16 heavy (non-hydrogen) atoms. The number of amides is 1. The number of carbonyl (C=O) groups is 1. The molecular weight excluding hydrogens is 226 g/mol. The highest BCUT2D eigenvalue weighted by Crippen LogP contribution is 2.23. The minimum atomic E-state index is -0.0576. The normalized spacial score (nSPS) is 20.2. The highest BCUT2D eigenvalue weighted by atomic mass is 35.5. The van der Waals surface area contributed by atoms with Crippen LogP contribution >= 0.6 is 11.6 Å². The molecule has 1 atom stereocenters. The maximum absolute atomic E-state index is 11.1. The Labute approximate surface area is 98.5 Å². The Hall–Kier alpha value is -1.55. The van der Waals surface area contributed by atoms with Crippen molar-refractivity contribution in [1.29, 1.82) is 0 Å². The van der Waals surface area contributed by atoms with Gasteiger partial charge in [0.2, 0.25) is 5.91 Å². The molecule has 0 saturated carbocycles. The van der Waals surface area contributed by atoms with Crippen LogP contribution in [-0.2, 0) is 4.79 Å². The minimum Gasteiger partial charge on any atom is -0.398 e. The van der Waals surface area contributed by atoms with Crippen molar-refractivity contribution in [3.8, 4) is 0 Å². The number of nitrogens with zero attached hydrogens (tertiary/aromatic N) is 1. The van der Waals surface area contributed by atoms with E-state index in [1.165, 1.54) is 0 Å². The van der Waals surface area contributed by atoms with E-state index in [-0.39, 0.29) is 11.8 Å². The van der Waals surface area contributed by atoms with E-state index in [0.717, 1.165) is 11.3 Å². The monoisotopic (exact) mass is 237 g/mol. The van der Waals surface area contributed by atoms with Crippen LogP contribution < -0.4 is 11.2 Å². The van der Waals surface area contributed by atoms with Crippen LogP contribution in [0.2, 0.25) is 5.02 Å². The summed E-state index contributed by atoms with van der Waals surface area (Å²) in [7, 11) is 0. The number of nitrogens with one attached hydrogen (secondary N) is 1. The molecule has 1 unspecified atom stereocenters. The van der Waals surface area contributed by atoms with Crippen LogP contribution in [0.5, 0.6) is 0 Å². The average molecular weight is 238 g/mol. The number of nitrogen functional groups attached to an aromatic ring is 1. The zero-order valence-corrected chi connectivity index (χ0v) is 9.58. The van der Waals surface area contributed by atoms with Gasteiger partial charge in [0.1, 0.15) is 0 Å². The maximum atomic E-state index is 11.1. The number of hydrogen-bond donors (Lipinski definition) is 2. The largest absolute Gasteiger partial charge is 0.398 e. The van der Waals surface area contributed by atoms with Crippen LogP contribution in [0.4, 0.5) is 5.69 Å². The van der Waals surface area contributed by atoms with E-state index >= 15 is 0 Å². The Morgan fingerprint density at radius 2 is 2.31 bits per heavy atom. The summed E-state index contributed by atoms with van der Waals surface area (Å²) < 4.78 is 0. The lowest BCUT2D eigenvalue weighted by atomic mass is 9.94. The van der Waals surface area contributed by atoms with Crippen molar-refractivity contribution in [2.75, 3.05) is 5.73 Å². The molecule has 1 heterocycles. The lowest BCUT2D eigenvalue weighted by Crippen LogP contribution is -2.31. The third-order valence-electron chi connectivity index (χ3n) is 2.56. The number of hydrazone groups is 1. The van der Waals surface area contributed by atoms with E-state index in [9.17, 15) is 4.79 Å². The molecule has 0 saturated heterocycles. The molecular formula is C11H12ClN3O. The van der Waals surface area contributed by atoms with E-state index in [1.54, 1.807) is 12.1 Å².